The van der Waals surface area contributed by atoms with Crippen LogP contribution in [-0.4, -0.2) is 11.5 Å². The molecule has 1 aromatic heterocycles. The van der Waals surface area contributed by atoms with E-state index in [1.54, 1.807) is 18.2 Å². The van der Waals surface area contributed by atoms with Gasteiger partial charge in [-0.3, -0.25) is 0 Å². The van der Waals surface area contributed by atoms with Crippen molar-refractivity contribution in [1.29, 1.82) is 15.8 Å². The molecule has 0 saturated carbocycles. The van der Waals surface area contributed by atoms with Crippen LogP contribution in [0, 0.1) is 34.0 Å². The van der Waals surface area contributed by atoms with Gasteiger partial charge in [-0.25, -0.2) is 0 Å². The van der Waals surface area contributed by atoms with Crippen LogP contribution in [0.2, 0.25) is 0 Å². The minimum absolute atomic E-state index is 0.130. The molecule has 6 heteroatoms. The van der Waals surface area contributed by atoms with Crippen LogP contribution in [0.4, 0.5) is 0 Å². The SMILES string of the molecule is N#CC(C#N)=C(C#N)c1ccc(C=C2SCCCS2)s1. The number of hydrogen-bond acceptors (Lipinski definition) is 6. The van der Waals surface area contributed by atoms with Crippen molar-refractivity contribution in [2.45, 2.75) is 6.42 Å². The number of rotatable bonds is 2. The van der Waals surface area contributed by atoms with E-state index in [1.807, 2.05) is 35.7 Å². The minimum atomic E-state index is -0.130. The zero-order valence-corrected chi connectivity index (χ0v) is 12.9. The highest BCUT2D eigenvalue weighted by molar-refractivity contribution is 8.23. The quantitative estimate of drug-likeness (QED) is 0.763. The number of allylic oxidation sites excluding steroid dienone is 2. The fourth-order valence-electron chi connectivity index (χ4n) is 1.58. The first-order valence-corrected chi connectivity index (χ1v) is 8.59. The number of thiophene rings is 1. The maximum absolute atomic E-state index is 9.12. The van der Waals surface area contributed by atoms with E-state index < -0.39 is 0 Å². The van der Waals surface area contributed by atoms with E-state index in [2.05, 4.69) is 6.08 Å². The van der Waals surface area contributed by atoms with E-state index in [1.165, 1.54) is 22.0 Å². The first kappa shape index (κ1) is 14.8. The second-order valence-electron chi connectivity index (χ2n) is 3.80. The summed E-state index contributed by atoms with van der Waals surface area (Å²) in [5, 5.41) is 26.8. The Morgan fingerprint density at radius 1 is 1.05 bits per heavy atom. The van der Waals surface area contributed by atoms with Crippen LogP contribution in [0.1, 0.15) is 16.2 Å². The molecule has 1 fully saturated rings. The molecule has 98 valence electrons. The molecule has 20 heavy (non-hydrogen) atoms. The fraction of sp³-hybridized carbons (Fsp3) is 0.214. The van der Waals surface area contributed by atoms with E-state index >= 15 is 0 Å². The number of thioether (sulfide) groups is 2. The lowest BCUT2D eigenvalue weighted by molar-refractivity contribution is 1.12. The Hall–Kier alpha value is -1.65. The first-order valence-electron chi connectivity index (χ1n) is 5.80. The molecule has 1 aromatic rings. The molecule has 0 aromatic carbocycles. The highest BCUT2D eigenvalue weighted by Crippen LogP contribution is 2.37. The van der Waals surface area contributed by atoms with Gasteiger partial charge in [0.15, 0.2) is 0 Å². The molecule has 1 aliphatic heterocycles. The lowest BCUT2D eigenvalue weighted by Gasteiger charge is -2.11. The Morgan fingerprint density at radius 2 is 1.75 bits per heavy atom. The van der Waals surface area contributed by atoms with Crippen LogP contribution in [0.15, 0.2) is 21.9 Å². The maximum atomic E-state index is 9.12. The summed E-state index contributed by atoms with van der Waals surface area (Å²) in [5.74, 6) is 2.29. The third kappa shape index (κ3) is 3.46. The summed E-state index contributed by atoms with van der Waals surface area (Å²) < 4.78 is 1.29. The second-order valence-corrected chi connectivity index (χ2v) is 7.45. The lowest BCUT2D eigenvalue weighted by Crippen LogP contribution is -1.90. The van der Waals surface area contributed by atoms with E-state index in [-0.39, 0.29) is 11.1 Å². The van der Waals surface area contributed by atoms with E-state index in [4.69, 9.17) is 15.8 Å². The molecule has 0 atom stereocenters. The Labute approximate surface area is 130 Å². The fourth-order valence-corrected chi connectivity index (χ4v) is 5.10. The van der Waals surface area contributed by atoms with Crippen LogP contribution in [-0.2, 0) is 0 Å². The minimum Gasteiger partial charge on any atom is -0.192 e. The van der Waals surface area contributed by atoms with Gasteiger partial charge in [0.25, 0.3) is 0 Å². The van der Waals surface area contributed by atoms with Gasteiger partial charge < -0.3 is 0 Å². The van der Waals surface area contributed by atoms with Gasteiger partial charge in [-0.1, -0.05) is 0 Å². The van der Waals surface area contributed by atoms with Crippen molar-refractivity contribution in [3.05, 3.63) is 31.7 Å². The van der Waals surface area contributed by atoms with Crippen molar-refractivity contribution >= 4 is 46.5 Å². The summed E-state index contributed by atoms with van der Waals surface area (Å²) in [7, 11) is 0. The predicted molar refractivity (Wildman–Crippen MR) is 85.6 cm³/mol. The highest BCUT2D eigenvalue weighted by atomic mass is 32.2. The number of nitrogens with zero attached hydrogens (tertiary/aromatic N) is 3. The average molecular weight is 315 g/mol. The van der Waals surface area contributed by atoms with Crippen molar-refractivity contribution in [3.8, 4) is 18.2 Å². The van der Waals surface area contributed by atoms with Crippen molar-refractivity contribution < 1.29 is 0 Å². The molecule has 2 heterocycles. The van der Waals surface area contributed by atoms with Gasteiger partial charge in [0.2, 0.25) is 0 Å². The molecule has 1 saturated heterocycles. The molecule has 1 aliphatic rings. The average Bonchev–Trinajstić information content (AvgIpc) is 2.93. The summed E-state index contributed by atoms with van der Waals surface area (Å²) in [5.41, 5.74) is 0.0311. The molecule has 0 radical (unpaired) electrons. The molecule has 3 nitrogen and oxygen atoms in total. The smallest absolute Gasteiger partial charge is 0.148 e. The summed E-state index contributed by atoms with van der Waals surface area (Å²) in [6.07, 6.45) is 3.34. The molecule has 0 spiro atoms. The topological polar surface area (TPSA) is 71.4 Å². The summed E-state index contributed by atoms with van der Waals surface area (Å²) >= 11 is 5.12. The van der Waals surface area contributed by atoms with Crippen LogP contribution in [0.25, 0.3) is 11.6 Å². The largest absolute Gasteiger partial charge is 0.192 e. The Balaban J connectivity index is 2.30. The van der Waals surface area contributed by atoms with E-state index in [9.17, 15) is 0 Å². The molecule has 0 amide bonds. The van der Waals surface area contributed by atoms with Crippen LogP contribution in [0.5, 0.6) is 0 Å². The van der Waals surface area contributed by atoms with E-state index in [0.29, 0.717) is 4.88 Å². The zero-order chi connectivity index (χ0) is 14.4. The Kier molecular flexibility index (Phi) is 5.32. The molecular formula is C14H9N3S3. The lowest BCUT2D eigenvalue weighted by atomic mass is 10.1. The van der Waals surface area contributed by atoms with Gasteiger partial charge in [0, 0.05) is 14.0 Å². The standard InChI is InChI=1S/C14H9N3S3/c15-7-10(8-16)12(9-17)13-3-2-11(20-13)6-14-18-4-1-5-19-14/h2-3,6H,1,4-5H2. The maximum Gasteiger partial charge on any atom is 0.148 e. The summed E-state index contributed by atoms with van der Waals surface area (Å²) in [6, 6.07) is 9.21. The van der Waals surface area contributed by atoms with E-state index in [0.717, 1.165) is 16.4 Å². The zero-order valence-electron chi connectivity index (χ0n) is 10.4. The molecule has 0 N–H and O–H groups in total. The van der Waals surface area contributed by atoms with Gasteiger partial charge >= 0.3 is 0 Å². The Morgan fingerprint density at radius 3 is 2.35 bits per heavy atom. The van der Waals surface area contributed by atoms with Crippen molar-refractivity contribution in [1.82, 2.24) is 0 Å². The molecule has 0 aliphatic carbocycles. The van der Waals surface area contributed by atoms with Crippen molar-refractivity contribution in [2.75, 3.05) is 11.5 Å². The van der Waals surface area contributed by atoms with Gasteiger partial charge in [0.1, 0.15) is 23.8 Å². The summed E-state index contributed by atoms with van der Waals surface area (Å²) in [4.78, 5) is 1.71. The molecule has 2 rings (SSSR count). The van der Waals surface area contributed by atoms with Gasteiger partial charge in [-0.2, -0.15) is 15.8 Å². The molecule has 0 unspecified atom stereocenters. The van der Waals surface area contributed by atoms with Crippen molar-refractivity contribution in [2.24, 2.45) is 0 Å². The third-order valence-electron chi connectivity index (χ3n) is 2.50. The highest BCUT2D eigenvalue weighted by Gasteiger charge is 2.12. The van der Waals surface area contributed by atoms with Gasteiger partial charge in [-0.05, 0) is 36.1 Å². The van der Waals surface area contributed by atoms with Crippen LogP contribution in [0.3, 0.4) is 0 Å². The number of nitriles is 3. The Bertz CT molecular complexity index is 668. The van der Waals surface area contributed by atoms with Crippen LogP contribution >= 0.6 is 34.9 Å². The number of hydrogen-bond donors (Lipinski definition) is 0. The van der Waals surface area contributed by atoms with Crippen LogP contribution < -0.4 is 0 Å². The van der Waals surface area contributed by atoms with Gasteiger partial charge in [-0.15, -0.1) is 34.9 Å². The van der Waals surface area contributed by atoms with Gasteiger partial charge in [0.05, 0.1) is 5.57 Å². The normalized spacial score (nSPS) is 13.8. The monoisotopic (exact) mass is 315 g/mol. The molecular weight excluding hydrogens is 306 g/mol. The van der Waals surface area contributed by atoms with Crippen molar-refractivity contribution in [3.63, 3.8) is 0 Å². The summed E-state index contributed by atoms with van der Waals surface area (Å²) in [6.45, 7) is 0. The predicted octanol–water partition coefficient (Wildman–Crippen LogP) is 4.24. The third-order valence-corrected chi connectivity index (χ3v) is 6.04. The second kappa shape index (κ2) is 7.22. The molecule has 0 bridgehead atoms. The first-order chi connectivity index (χ1) is 9.78.